The van der Waals surface area contributed by atoms with Gasteiger partial charge < -0.3 is 19.1 Å². The molecule has 2 aromatic rings. The van der Waals surface area contributed by atoms with Gasteiger partial charge in [-0.1, -0.05) is 0 Å². The second-order valence-corrected chi connectivity index (χ2v) is 5.77. The minimum absolute atomic E-state index is 0.234. The Labute approximate surface area is 151 Å². The van der Waals surface area contributed by atoms with Crippen molar-refractivity contribution in [3.05, 3.63) is 54.0 Å². The number of halogens is 1. The van der Waals surface area contributed by atoms with E-state index in [1.807, 2.05) is 4.90 Å². The fraction of sp³-hybridized carbons (Fsp3) is 0.368. The first-order valence-corrected chi connectivity index (χ1v) is 8.57. The average molecular weight is 360 g/mol. The molecule has 0 aliphatic carbocycles. The van der Waals surface area contributed by atoms with Gasteiger partial charge in [0.25, 0.3) is 0 Å². The number of pyridine rings is 1. The number of hydrogen-bond donors (Lipinski definition) is 0. The zero-order valence-corrected chi connectivity index (χ0v) is 14.4. The number of anilines is 1. The Hall–Kier alpha value is -2.67. The Bertz CT molecular complexity index is 718. The molecule has 0 atom stereocenters. The topological polar surface area (TPSA) is 60.9 Å². The molecule has 26 heavy (non-hydrogen) atoms. The molecule has 0 saturated carbocycles. The number of morpholine rings is 1. The molecule has 1 aromatic carbocycles. The average Bonchev–Trinajstić information content (AvgIpc) is 2.69. The highest BCUT2D eigenvalue weighted by Crippen LogP contribution is 2.19. The van der Waals surface area contributed by atoms with Gasteiger partial charge in [-0.05, 0) is 36.4 Å². The van der Waals surface area contributed by atoms with E-state index in [0.29, 0.717) is 56.5 Å². The van der Waals surface area contributed by atoms with Crippen LogP contribution in [0.3, 0.4) is 0 Å². The van der Waals surface area contributed by atoms with E-state index in [4.69, 9.17) is 14.2 Å². The van der Waals surface area contributed by atoms with Gasteiger partial charge in [0.15, 0.2) is 0 Å². The first kappa shape index (κ1) is 18.1. The van der Waals surface area contributed by atoms with Crippen molar-refractivity contribution in [3.63, 3.8) is 0 Å². The highest BCUT2D eigenvalue weighted by atomic mass is 19.1. The largest absolute Gasteiger partial charge is 0.493 e. The highest BCUT2D eigenvalue weighted by Gasteiger charge is 2.20. The molecule has 3 rings (SSSR count). The molecular formula is C19H21FN2O4. The molecule has 1 aromatic heterocycles. The van der Waals surface area contributed by atoms with Gasteiger partial charge in [-0.2, -0.15) is 0 Å². The molecule has 0 bridgehead atoms. The number of benzene rings is 1. The van der Waals surface area contributed by atoms with Gasteiger partial charge in [-0.3, -0.25) is 0 Å². The van der Waals surface area contributed by atoms with Gasteiger partial charge >= 0.3 is 5.97 Å². The third-order valence-electron chi connectivity index (χ3n) is 3.92. The molecule has 0 N–H and O–H groups in total. The van der Waals surface area contributed by atoms with Crippen LogP contribution in [0.2, 0.25) is 0 Å². The van der Waals surface area contributed by atoms with Gasteiger partial charge in [0.05, 0.1) is 26.4 Å². The molecule has 0 amide bonds. The standard InChI is InChI=1S/C19H21FN2O4/c20-15-4-6-16(7-5-15)25-11-2-12-26-19(23)17-3-1-8-21-18(17)22-9-13-24-14-10-22/h1,3-8H,2,9-14H2. The van der Waals surface area contributed by atoms with Crippen LogP contribution in [0.5, 0.6) is 5.75 Å². The Morgan fingerprint density at radius 2 is 1.92 bits per heavy atom. The lowest BCUT2D eigenvalue weighted by Crippen LogP contribution is -2.37. The summed E-state index contributed by atoms with van der Waals surface area (Å²) in [7, 11) is 0. The predicted molar refractivity (Wildman–Crippen MR) is 94.1 cm³/mol. The smallest absolute Gasteiger partial charge is 0.341 e. The minimum atomic E-state index is -0.402. The first-order chi connectivity index (χ1) is 12.7. The number of carbonyl (C=O) groups is 1. The van der Waals surface area contributed by atoms with Gasteiger partial charge in [0.1, 0.15) is 22.9 Å². The van der Waals surface area contributed by atoms with E-state index >= 15 is 0 Å². The van der Waals surface area contributed by atoms with Gasteiger partial charge in [0.2, 0.25) is 0 Å². The zero-order chi connectivity index (χ0) is 18.2. The molecule has 2 heterocycles. The Kier molecular flexibility index (Phi) is 6.38. The highest BCUT2D eigenvalue weighted by molar-refractivity contribution is 5.94. The number of nitrogens with zero attached hydrogens (tertiary/aromatic N) is 2. The third-order valence-corrected chi connectivity index (χ3v) is 3.92. The summed E-state index contributed by atoms with van der Waals surface area (Å²) in [6.45, 7) is 3.24. The van der Waals surface area contributed by atoms with E-state index in [9.17, 15) is 9.18 Å². The lowest BCUT2D eigenvalue weighted by Gasteiger charge is -2.28. The Morgan fingerprint density at radius 1 is 1.15 bits per heavy atom. The van der Waals surface area contributed by atoms with Crippen molar-refractivity contribution < 1.29 is 23.4 Å². The van der Waals surface area contributed by atoms with Crippen LogP contribution in [0.25, 0.3) is 0 Å². The Morgan fingerprint density at radius 3 is 2.69 bits per heavy atom. The van der Waals surface area contributed by atoms with Crippen LogP contribution in [0.1, 0.15) is 16.8 Å². The van der Waals surface area contributed by atoms with Gasteiger partial charge in [0, 0.05) is 25.7 Å². The van der Waals surface area contributed by atoms with E-state index in [-0.39, 0.29) is 12.4 Å². The van der Waals surface area contributed by atoms with Crippen LogP contribution >= 0.6 is 0 Å². The van der Waals surface area contributed by atoms with Crippen LogP contribution in [0.4, 0.5) is 10.2 Å². The van der Waals surface area contributed by atoms with Crippen LogP contribution in [-0.4, -0.2) is 50.5 Å². The minimum Gasteiger partial charge on any atom is -0.493 e. The molecule has 1 fully saturated rings. The summed E-state index contributed by atoms with van der Waals surface area (Å²) in [6.07, 6.45) is 2.20. The quantitative estimate of drug-likeness (QED) is 0.559. The van der Waals surface area contributed by atoms with Crippen molar-refractivity contribution >= 4 is 11.8 Å². The SMILES string of the molecule is O=C(OCCCOc1ccc(F)cc1)c1cccnc1N1CCOCC1. The van der Waals surface area contributed by atoms with E-state index in [1.54, 1.807) is 30.5 Å². The molecule has 0 unspecified atom stereocenters. The molecule has 6 nitrogen and oxygen atoms in total. The number of ether oxygens (including phenoxy) is 3. The van der Waals surface area contributed by atoms with Crippen molar-refractivity contribution in [3.8, 4) is 5.75 Å². The number of esters is 1. The normalized spacial score (nSPS) is 14.1. The number of aromatic nitrogens is 1. The van der Waals surface area contributed by atoms with Crippen molar-refractivity contribution in [2.75, 3.05) is 44.4 Å². The van der Waals surface area contributed by atoms with E-state index < -0.39 is 5.97 Å². The number of carbonyl (C=O) groups excluding carboxylic acids is 1. The van der Waals surface area contributed by atoms with E-state index in [0.717, 1.165) is 0 Å². The van der Waals surface area contributed by atoms with Crippen molar-refractivity contribution in [1.82, 2.24) is 4.98 Å². The maximum Gasteiger partial charge on any atom is 0.341 e. The Balaban J connectivity index is 1.47. The number of hydrogen-bond acceptors (Lipinski definition) is 6. The van der Waals surface area contributed by atoms with E-state index in [1.165, 1.54) is 12.1 Å². The molecule has 138 valence electrons. The van der Waals surface area contributed by atoms with Crippen LogP contribution < -0.4 is 9.64 Å². The van der Waals surface area contributed by atoms with Crippen LogP contribution in [0, 0.1) is 5.82 Å². The lowest BCUT2D eigenvalue weighted by molar-refractivity contribution is 0.0485. The molecule has 1 aliphatic heterocycles. The summed E-state index contributed by atoms with van der Waals surface area (Å²) >= 11 is 0. The van der Waals surface area contributed by atoms with Crippen molar-refractivity contribution in [2.24, 2.45) is 0 Å². The molecule has 1 saturated heterocycles. The fourth-order valence-electron chi connectivity index (χ4n) is 2.61. The molecule has 0 spiro atoms. The van der Waals surface area contributed by atoms with Crippen LogP contribution in [-0.2, 0) is 9.47 Å². The summed E-state index contributed by atoms with van der Waals surface area (Å²) < 4.78 is 29.0. The maximum absolute atomic E-state index is 12.8. The van der Waals surface area contributed by atoms with E-state index in [2.05, 4.69) is 4.98 Å². The molecule has 1 aliphatic rings. The zero-order valence-electron chi connectivity index (χ0n) is 14.4. The number of rotatable bonds is 7. The fourth-order valence-corrected chi connectivity index (χ4v) is 2.61. The molecule has 0 radical (unpaired) electrons. The second kappa shape index (κ2) is 9.15. The van der Waals surface area contributed by atoms with Crippen molar-refractivity contribution in [2.45, 2.75) is 6.42 Å². The summed E-state index contributed by atoms with van der Waals surface area (Å²) in [5.74, 6) is 0.503. The van der Waals surface area contributed by atoms with Crippen LogP contribution in [0.15, 0.2) is 42.6 Å². The van der Waals surface area contributed by atoms with Gasteiger partial charge in [-0.25, -0.2) is 14.2 Å². The third kappa shape index (κ3) is 4.92. The summed E-state index contributed by atoms with van der Waals surface area (Å²) in [5.41, 5.74) is 0.453. The molecular weight excluding hydrogens is 339 g/mol. The second-order valence-electron chi connectivity index (χ2n) is 5.77. The monoisotopic (exact) mass is 360 g/mol. The predicted octanol–water partition coefficient (Wildman–Crippen LogP) is 2.68. The lowest BCUT2D eigenvalue weighted by atomic mass is 10.2. The summed E-state index contributed by atoms with van der Waals surface area (Å²) in [6, 6.07) is 9.24. The maximum atomic E-state index is 12.8. The summed E-state index contributed by atoms with van der Waals surface area (Å²) in [4.78, 5) is 18.7. The van der Waals surface area contributed by atoms with Gasteiger partial charge in [-0.15, -0.1) is 0 Å². The first-order valence-electron chi connectivity index (χ1n) is 8.57. The summed E-state index contributed by atoms with van der Waals surface area (Å²) in [5, 5.41) is 0. The molecule has 7 heteroatoms. The van der Waals surface area contributed by atoms with Crippen molar-refractivity contribution in [1.29, 1.82) is 0 Å².